The molecule has 0 spiro atoms. The van der Waals surface area contributed by atoms with E-state index in [2.05, 4.69) is 40.3 Å². The van der Waals surface area contributed by atoms with Crippen molar-refractivity contribution in [3.8, 4) is 0 Å². The Bertz CT molecular complexity index is 332. The summed E-state index contributed by atoms with van der Waals surface area (Å²) in [5.41, 5.74) is 4.08. The van der Waals surface area contributed by atoms with Gasteiger partial charge in [-0.3, -0.25) is 0 Å². The minimum absolute atomic E-state index is 0.409. The minimum Gasteiger partial charge on any atom is -0.0988 e. The van der Waals surface area contributed by atoms with Gasteiger partial charge in [0.25, 0.3) is 0 Å². The molecule has 0 bridgehead atoms. The fourth-order valence-corrected chi connectivity index (χ4v) is 4.54. The van der Waals surface area contributed by atoms with E-state index < -0.39 is 0 Å². The summed E-state index contributed by atoms with van der Waals surface area (Å²) in [6.07, 6.45) is 8.95. The first kappa shape index (κ1) is 12.0. The molecule has 0 aromatic heterocycles. The molecule has 2 atom stereocenters. The topological polar surface area (TPSA) is 0 Å². The molecule has 2 aliphatic carbocycles. The first-order chi connectivity index (χ1) is 7.42. The SMILES string of the molecule is C=CC1=C(C)CCC2C(C)(C)CCC[C@]12C. The quantitative estimate of drug-likeness (QED) is 0.573. The molecule has 0 amide bonds. The highest BCUT2D eigenvalue weighted by atomic mass is 14.5. The van der Waals surface area contributed by atoms with Gasteiger partial charge in [-0.15, -0.1) is 0 Å². The van der Waals surface area contributed by atoms with Gasteiger partial charge in [-0.1, -0.05) is 45.4 Å². The van der Waals surface area contributed by atoms with E-state index in [-0.39, 0.29) is 0 Å². The van der Waals surface area contributed by atoms with Gasteiger partial charge in [0.2, 0.25) is 0 Å². The Kier molecular flexibility index (Phi) is 2.80. The lowest BCUT2D eigenvalue weighted by Gasteiger charge is -2.54. The lowest BCUT2D eigenvalue weighted by molar-refractivity contribution is 0.0154. The molecule has 90 valence electrons. The fourth-order valence-electron chi connectivity index (χ4n) is 4.54. The van der Waals surface area contributed by atoms with Crippen molar-refractivity contribution in [2.45, 2.75) is 59.8 Å². The predicted molar refractivity (Wildman–Crippen MR) is 71.4 cm³/mol. The first-order valence-electron chi connectivity index (χ1n) is 6.74. The van der Waals surface area contributed by atoms with Crippen molar-refractivity contribution in [3.05, 3.63) is 23.8 Å². The lowest BCUT2D eigenvalue weighted by Crippen LogP contribution is -2.45. The zero-order valence-electron chi connectivity index (χ0n) is 11.4. The van der Waals surface area contributed by atoms with Crippen LogP contribution < -0.4 is 0 Å². The summed E-state index contributed by atoms with van der Waals surface area (Å²) < 4.78 is 0. The number of allylic oxidation sites excluding steroid dienone is 3. The Labute approximate surface area is 101 Å². The third kappa shape index (κ3) is 1.58. The summed E-state index contributed by atoms with van der Waals surface area (Å²) in [7, 11) is 0. The summed E-state index contributed by atoms with van der Waals surface area (Å²) in [6, 6.07) is 0. The van der Waals surface area contributed by atoms with Crippen LogP contribution >= 0.6 is 0 Å². The van der Waals surface area contributed by atoms with Gasteiger partial charge in [0.1, 0.15) is 0 Å². The highest BCUT2D eigenvalue weighted by Gasteiger charge is 2.49. The second-order valence-corrected chi connectivity index (χ2v) is 6.75. The van der Waals surface area contributed by atoms with E-state index in [1.54, 1.807) is 11.1 Å². The van der Waals surface area contributed by atoms with E-state index in [0.29, 0.717) is 10.8 Å². The Morgan fingerprint density at radius 1 is 1.25 bits per heavy atom. The Hall–Kier alpha value is -0.520. The molecule has 2 rings (SSSR count). The second kappa shape index (κ2) is 3.75. The molecule has 0 aromatic carbocycles. The monoisotopic (exact) mass is 218 g/mol. The summed E-state index contributed by atoms with van der Waals surface area (Å²) in [6.45, 7) is 13.8. The van der Waals surface area contributed by atoms with Crippen LogP contribution in [-0.4, -0.2) is 0 Å². The van der Waals surface area contributed by atoms with Crippen LogP contribution in [0.1, 0.15) is 59.8 Å². The smallest absolute Gasteiger partial charge is 0.00426 e. The van der Waals surface area contributed by atoms with Crippen molar-refractivity contribution in [1.29, 1.82) is 0 Å². The van der Waals surface area contributed by atoms with Gasteiger partial charge in [0, 0.05) is 0 Å². The molecule has 1 saturated carbocycles. The number of hydrogen-bond acceptors (Lipinski definition) is 0. The highest BCUT2D eigenvalue weighted by Crippen LogP contribution is 2.59. The van der Waals surface area contributed by atoms with Crippen molar-refractivity contribution >= 4 is 0 Å². The van der Waals surface area contributed by atoms with Crippen molar-refractivity contribution in [2.24, 2.45) is 16.7 Å². The van der Waals surface area contributed by atoms with E-state index in [1.807, 2.05) is 0 Å². The van der Waals surface area contributed by atoms with Crippen molar-refractivity contribution < 1.29 is 0 Å². The van der Waals surface area contributed by atoms with Crippen LogP contribution in [-0.2, 0) is 0 Å². The van der Waals surface area contributed by atoms with Crippen molar-refractivity contribution in [1.82, 2.24) is 0 Å². The minimum atomic E-state index is 0.409. The number of hydrogen-bond donors (Lipinski definition) is 0. The average molecular weight is 218 g/mol. The first-order valence-corrected chi connectivity index (χ1v) is 6.74. The predicted octanol–water partition coefficient (Wildman–Crippen LogP) is 5.12. The van der Waals surface area contributed by atoms with Gasteiger partial charge in [0.05, 0.1) is 0 Å². The standard InChI is InChI=1S/C16H26/c1-6-13-12(2)8-9-14-15(3,4)10-7-11-16(13,14)5/h6,14H,1,7-11H2,2-5H3/t14?,16-/m1/s1. The van der Waals surface area contributed by atoms with Crippen LogP contribution in [0, 0.1) is 16.7 Å². The van der Waals surface area contributed by atoms with E-state index >= 15 is 0 Å². The molecular weight excluding hydrogens is 192 g/mol. The van der Waals surface area contributed by atoms with Gasteiger partial charge < -0.3 is 0 Å². The maximum atomic E-state index is 4.06. The summed E-state index contributed by atoms with van der Waals surface area (Å²) in [5, 5.41) is 0. The van der Waals surface area contributed by atoms with E-state index in [1.165, 1.54) is 32.1 Å². The van der Waals surface area contributed by atoms with Gasteiger partial charge in [0.15, 0.2) is 0 Å². The molecule has 0 aliphatic heterocycles. The average Bonchev–Trinajstić information content (AvgIpc) is 2.15. The molecule has 0 heteroatoms. The van der Waals surface area contributed by atoms with E-state index in [9.17, 15) is 0 Å². The van der Waals surface area contributed by atoms with E-state index in [0.717, 1.165) is 5.92 Å². The Morgan fingerprint density at radius 3 is 2.56 bits per heavy atom. The maximum absolute atomic E-state index is 4.06. The molecule has 0 nitrogen and oxygen atoms in total. The van der Waals surface area contributed by atoms with Crippen molar-refractivity contribution in [3.63, 3.8) is 0 Å². The zero-order chi connectivity index (χ0) is 12.0. The maximum Gasteiger partial charge on any atom is -0.00426 e. The van der Waals surface area contributed by atoms with Crippen LogP contribution in [0.5, 0.6) is 0 Å². The zero-order valence-corrected chi connectivity index (χ0v) is 11.4. The molecule has 0 saturated heterocycles. The van der Waals surface area contributed by atoms with Crippen LogP contribution in [0.3, 0.4) is 0 Å². The van der Waals surface area contributed by atoms with Gasteiger partial charge >= 0.3 is 0 Å². The molecule has 0 radical (unpaired) electrons. The summed E-state index contributed by atoms with van der Waals surface area (Å²) in [5.74, 6) is 0.852. The van der Waals surface area contributed by atoms with Gasteiger partial charge in [-0.2, -0.15) is 0 Å². The Balaban J connectivity index is 2.46. The molecule has 1 fully saturated rings. The van der Waals surface area contributed by atoms with Crippen LogP contribution in [0.2, 0.25) is 0 Å². The molecule has 0 N–H and O–H groups in total. The Morgan fingerprint density at radius 2 is 1.94 bits per heavy atom. The molecule has 1 unspecified atom stereocenters. The largest absolute Gasteiger partial charge is 0.0988 e. The molecular formula is C16H26. The number of fused-ring (bicyclic) bond motifs is 1. The molecule has 2 aliphatic rings. The normalized spacial score (nSPS) is 38.1. The highest BCUT2D eigenvalue weighted by molar-refractivity contribution is 5.34. The third-order valence-corrected chi connectivity index (χ3v) is 5.32. The third-order valence-electron chi connectivity index (χ3n) is 5.32. The van der Waals surface area contributed by atoms with E-state index in [4.69, 9.17) is 0 Å². The van der Waals surface area contributed by atoms with Crippen LogP contribution in [0.15, 0.2) is 23.8 Å². The van der Waals surface area contributed by atoms with Crippen LogP contribution in [0.4, 0.5) is 0 Å². The summed E-state index contributed by atoms with van der Waals surface area (Å²) >= 11 is 0. The second-order valence-electron chi connectivity index (χ2n) is 6.75. The summed E-state index contributed by atoms with van der Waals surface area (Å²) in [4.78, 5) is 0. The molecule has 0 aromatic rings. The van der Waals surface area contributed by atoms with Gasteiger partial charge in [-0.25, -0.2) is 0 Å². The fraction of sp³-hybridized carbons (Fsp3) is 0.750. The van der Waals surface area contributed by atoms with Crippen molar-refractivity contribution in [2.75, 3.05) is 0 Å². The molecule has 16 heavy (non-hydrogen) atoms. The van der Waals surface area contributed by atoms with Crippen LogP contribution in [0.25, 0.3) is 0 Å². The van der Waals surface area contributed by atoms with Gasteiger partial charge in [-0.05, 0) is 54.9 Å². The lowest BCUT2D eigenvalue weighted by atomic mass is 9.50. The molecule has 0 heterocycles. The number of rotatable bonds is 1.